The van der Waals surface area contributed by atoms with E-state index in [0.717, 1.165) is 12.0 Å². The number of carboxylic acid groups (broad SMARTS) is 1. The number of piperazine rings is 1. The summed E-state index contributed by atoms with van der Waals surface area (Å²) in [5.74, 6) is 0.396. The molecule has 3 aliphatic rings. The van der Waals surface area contributed by atoms with Crippen LogP contribution in [-0.2, 0) is 11.3 Å². The van der Waals surface area contributed by atoms with Gasteiger partial charge >= 0.3 is 6.09 Å². The van der Waals surface area contributed by atoms with E-state index in [1.165, 1.54) is 47.6 Å². The van der Waals surface area contributed by atoms with Crippen molar-refractivity contribution in [2.45, 2.75) is 77.9 Å². The normalized spacial score (nSPS) is 23.1. The second-order valence-electron chi connectivity index (χ2n) is 14.1. The van der Waals surface area contributed by atoms with Crippen LogP contribution in [0.4, 0.5) is 4.79 Å². The molecule has 2 N–H and O–H groups in total. The molecular weight excluding hydrogens is 572 g/mol. The molecule has 45 heavy (non-hydrogen) atoms. The fourth-order valence-corrected chi connectivity index (χ4v) is 7.45. The maximum absolute atomic E-state index is 13.9. The Labute approximate surface area is 265 Å². The lowest BCUT2D eigenvalue weighted by molar-refractivity contribution is -0.157. The van der Waals surface area contributed by atoms with Crippen LogP contribution in [0.15, 0.2) is 47.4 Å². The van der Waals surface area contributed by atoms with Gasteiger partial charge in [-0.05, 0) is 24.3 Å². The predicted octanol–water partition coefficient (Wildman–Crippen LogP) is 4.55. The fraction of sp³-hybridized carbons (Fsp3) is 0.600. The van der Waals surface area contributed by atoms with E-state index in [1.54, 1.807) is 11.1 Å². The second-order valence-corrected chi connectivity index (χ2v) is 14.1. The predicted molar refractivity (Wildman–Crippen MR) is 172 cm³/mol. The molecule has 2 saturated heterocycles. The Bertz CT molecular complexity index is 1440. The van der Waals surface area contributed by atoms with Crippen molar-refractivity contribution >= 4 is 17.9 Å². The average Bonchev–Trinajstić information content (AvgIpc) is 3.03. The van der Waals surface area contributed by atoms with Crippen LogP contribution in [0.1, 0.15) is 76.1 Å². The standard InChI is InChI=1S/C35H48N4O6/c1-25(20-26-10-6-4-7-11-26)31(41)38-15-14-35(45,34(2,3)23-38)24-39-22-29(28(21-30(39)40)27-12-8-5-9-13-27)32(42)36-16-18-37(19-17-36)33(43)44/h5,8-9,12-13,21-22,25-26,45H,4,6-7,10-11,14-20,23-24H2,1-3H3,(H,43,44). The molecule has 5 rings (SSSR count). The van der Waals surface area contributed by atoms with E-state index in [4.69, 9.17) is 0 Å². The van der Waals surface area contributed by atoms with Crippen LogP contribution in [0.25, 0.3) is 11.1 Å². The minimum Gasteiger partial charge on any atom is -0.465 e. The maximum Gasteiger partial charge on any atom is 0.407 e. The molecule has 0 spiro atoms. The first-order chi connectivity index (χ1) is 21.4. The van der Waals surface area contributed by atoms with E-state index < -0.39 is 17.1 Å². The van der Waals surface area contributed by atoms with E-state index in [9.17, 15) is 29.4 Å². The summed E-state index contributed by atoms with van der Waals surface area (Å²) in [5.41, 5.74) is -0.772. The van der Waals surface area contributed by atoms with E-state index in [1.807, 2.05) is 56.0 Å². The van der Waals surface area contributed by atoms with Gasteiger partial charge in [0.2, 0.25) is 5.91 Å². The van der Waals surface area contributed by atoms with Gasteiger partial charge < -0.3 is 29.5 Å². The molecule has 3 heterocycles. The van der Waals surface area contributed by atoms with Gasteiger partial charge in [-0.1, -0.05) is 83.2 Å². The Hall–Kier alpha value is -3.66. The van der Waals surface area contributed by atoms with Crippen molar-refractivity contribution in [2.75, 3.05) is 39.3 Å². The maximum atomic E-state index is 13.9. The van der Waals surface area contributed by atoms with Crippen LogP contribution < -0.4 is 5.56 Å². The number of carbonyl (C=O) groups excluding carboxylic acids is 2. The molecular formula is C35H48N4O6. The molecule has 10 nitrogen and oxygen atoms in total. The number of aromatic nitrogens is 1. The fourth-order valence-electron chi connectivity index (χ4n) is 7.45. The van der Waals surface area contributed by atoms with Gasteiger partial charge in [0.25, 0.3) is 11.5 Å². The van der Waals surface area contributed by atoms with E-state index in [0.29, 0.717) is 36.6 Å². The van der Waals surface area contributed by atoms with Crippen LogP contribution in [-0.4, -0.2) is 92.3 Å². The summed E-state index contributed by atoms with van der Waals surface area (Å²) < 4.78 is 1.43. The van der Waals surface area contributed by atoms with Crippen molar-refractivity contribution in [1.82, 2.24) is 19.3 Å². The van der Waals surface area contributed by atoms with E-state index >= 15 is 0 Å². The molecule has 0 radical (unpaired) electrons. The van der Waals surface area contributed by atoms with Crippen molar-refractivity contribution in [3.8, 4) is 11.1 Å². The smallest absolute Gasteiger partial charge is 0.407 e. The minimum absolute atomic E-state index is 0.0133. The Kier molecular flexibility index (Phi) is 9.72. The van der Waals surface area contributed by atoms with Gasteiger partial charge in [0, 0.05) is 68.4 Å². The highest BCUT2D eigenvalue weighted by atomic mass is 16.4. The number of benzene rings is 1. The molecule has 3 fully saturated rings. The zero-order chi connectivity index (χ0) is 32.4. The molecule has 1 aromatic heterocycles. The summed E-state index contributed by atoms with van der Waals surface area (Å²) in [6.07, 6.45) is 7.94. The SMILES string of the molecule is CC(CC1CCCCC1)C(=O)N1CCC(O)(Cn2cc(C(=O)N3CCN(C(=O)O)CC3)c(-c3ccccc3)cc2=O)C(C)(C)C1. The Morgan fingerprint density at radius 1 is 0.933 bits per heavy atom. The third kappa shape index (κ3) is 7.11. The number of rotatable bonds is 7. The monoisotopic (exact) mass is 620 g/mol. The van der Waals surface area contributed by atoms with Crippen LogP contribution >= 0.6 is 0 Å². The summed E-state index contributed by atoms with van der Waals surface area (Å²) in [4.78, 5) is 57.1. The molecule has 2 aromatic rings. The van der Waals surface area contributed by atoms with Crippen molar-refractivity contribution in [3.63, 3.8) is 0 Å². The third-order valence-electron chi connectivity index (χ3n) is 10.5. The van der Waals surface area contributed by atoms with E-state index in [2.05, 4.69) is 0 Å². The minimum atomic E-state index is -1.29. The Balaban J connectivity index is 1.36. The number of aliphatic hydroxyl groups is 1. The average molecular weight is 621 g/mol. The topological polar surface area (TPSA) is 123 Å². The number of amides is 3. The van der Waals surface area contributed by atoms with Crippen molar-refractivity contribution in [1.29, 1.82) is 0 Å². The highest BCUT2D eigenvalue weighted by Gasteiger charge is 2.49. The number of likely N-dealkylation sites (tertiary alicyclic amines) is 1. The number of nitrogens with zero attached hydrogens (tertiary/aromatic N) is 4. The molecule has 244 valence electrons. The first-order valence-electron chi connectivity index (χ1n) is 16.5. The lowest BCUT2D eigenvalue weighted by Crippen LogP contribution is -2.61. The molecule has 2 unspecified atom stereocenters. The van der Waals surface area contributed by atoms with Crippen molar-refractivity contribution in [2.24, 2.45) is 17.3 Å². The van der Waals surface area contributed by atoms with Crippen LogP contribution in [0, 0.1) is 17.3 Å². The quantitative estimate of drug-likeness (QED) is 0.468. The molecule has 10 heteroatoms. The van der Waals surface area contributed by atoms with Crippen molar-refractivity contribution < 1.29 is 24.6 Å². The van der Waals surface area contributed by atoms with Crippen LogP contribution in [0.3, 0.4) is 0 Å². The van der Waals surface area contributed by atoms with Gasteiger partial charge in [-0.3, -0.25) is 14.4 Å². The molecule has 0 bridgehead atoms. The molecule has 3 amide bonds. The Morgan fingerprint density at radius 2 is 1.58 bits per heavy atom. The van der Waals surface area contributed by atoms with E-state index in [-0.39, 0.29) is 56.0 Å². The highest BCUT2D eigenvalue weighted by molar-refractivity contribution is 6.00. The number of hydrogen-bond donors (Lipinski definition) is 2. The first-order valence-corrected chi connectivity index (χ1v) is 16.5. The summed E-state index contributed by atoms with van der Waals surface area (Å²) >= 11 is 0. The van der Waals surface area contributed by atoms with Gasteiger partial charge in [-0.2, -0.15) is 0 Å². The number of carbonyl (C=O) groups is 3. The third-order valence-corrected chi connectivity index (χ3v) is 10.5. The van der Waals surface area contributed by atoms with Crippen LogP contribution in [0.2, 0.25) is 0 Å². The zero-order valence-corrected chi connectivity index (χ0v) is 26.9. The first kappa shape index (κ1) is 32.7. The number of hydrogen-bond acceptors (Lipinski definition) is 5. The highest BCUT2D eigenvalue weighted by Crippen LogP contribution is 2.41. The summed E-state index contributed by atoms with van der Waals surface area (Å²) in [6.45, 7) is 7.60. The molecule has 2 aliphatic heterocycles. The second kappa shape index (κ2) is 13.4. The van der Waals surface area contributed by atoms with Gasteiger partial charge in [-0.15, -0.1) is 0 Å². The summed E-state index contributed by atoms with van der Waals surface area (Å²) in [7, 11) is 0. The lowest BCUT2D eigenvalue weighted by atomic mass is 9.69. The van der Waals surface area contributed by atoms with Gasteiger partial charge in [0.05, 0.1) is 17.7 Å². The van der Waals surface area contributed by atoms with Crippen molar-refractivity contribution in [3.05, 3.63) is 58.5 Å². The van der Waals surface area contributed by atoms with Gasteiger partial charge in [0.15, 0.2) is 0 Å². The largest absolute Gasteiger partial charge is 0.465 e. The Morgan fingerprint density at radius 3 is 2.20 bits per heavy atom. The lowest BCUT2D eigenvalue weighted by Gasteiger charge is -2.51. The van der Waals surface area contributed by atoms with Gasteiger partial charge in [0.1, 0.15) is 0 Å². The zero-order valence-electron chi connectivity index (χ0n) is 26.9. The molecule has 1 aromatic carbocycles. The summed E-state index contributed by atoms with van der Waals surface area (Å²) in [5, 5.41) is 21.4. The summed E-state index contributed by atoms with van der Waals surface area (Å²) in [6, 6.07) is 10.7. The van der Waals surface area contributed by atoms with Gasteiger partial charge in [-0.25, -0.2) is 4.79 Å². The molecule has 1 aliphatic carbocycles. The number of pyridine rings is 1. The molecule has 1 saturated carbocycles. The molecule has 2 atom stereocenters. The van der Waals surface area contributed by atoms with Crippen LogP contribution in [0.5, 0.6) is 0 Å². The number of piperidine rings is 1.